The fourth-order valence-electron chi connectivity index (χ4n) is 10.6. The first-order valence-electron chi connectivity index (χ1n) is 25.5. The van der Waals surface area contributed by atoms with Crippen molar-refractivity contribution in [3.63, 3.8) is 0 Å². The van der Waals surface area contributed by atoms with Gasteiger partial charge in [-0.25, -0.2) is 0 Å². The van der Waals surface area contributed by atoms with Gasteiger partial charge in [0.05, 0.1) is 0 Å². The first-order valence-corrected chi connectivity index (χ1v) is 25.5. The highest BCUT2D eigenvalue weighted by molar-refractivity contribution is 6.60. The monoisotopic (exact) mass is 982 g/mol. The second-order valence-corrected chi connectivity index (χ2v) is 18.9. The smallest absolute Gasteiger partial charge is 0.195 e. The molecule has 77 heavy (non-hydrogen) atoms. The normalized spacial score (nSPS) is 13.3. The average molecular weight is 983 g/mol. The first-order chi connectivity index (χ1) is 37.9. The fourth-order valence-corrected chi connectivity index (χ4v) is 10.6. The molecular weight excluding hydrogens is 937 g/mol. The van der Waals surface area contributed by atoms with E-state index in [1.165, 1.54) is 0 Å². The van der Waals surface area contributed by atoms with Gasteiger partial charge in [-0.05, 0) is 115 Å². The standard InChI is InChI=1S/C74H46O3/c1-3-49-25-29-57(30-26-49)65-67(69(55-21-13-7-14-22-55)73(75)71(65)61-37-33-53(34-38-61)51-17-9-5-10-18-51)59-41-45-63(46-42-59)77-64-47-43-60(44-48-64)68-66(58-31-27-50(4-2)28-32-58)72(74(76)70(68)56-23-15-8-16-24-56)62-39-35-54(36-40-62)52-19-11-6-12-20-52/h1-2,5-48H. The molecule has 0 atom stereocenters. The van der Waals surface area contributed by atoms with Gasteiger partial charge in [0.15, 0.2) is 11.6 Å². The number of benzene rings is 10. The molecule has 3 heteroatoms. The van der Waals surface area contributed by atoms with Crippen molar-refractivity contribution in [2.45, 2.75) is 0 Å². The quantitative estimate of drug-likeness (QED) is 0.115. The van der Waals surface area contributed by atoms with Gasteiger partial charge in [0.25, 0.3) is 0 Å². The fraction of sp³-hybridized carbons (Fsp3) is 0. The number of hydrogen-bond donors (Lipinski definition) is 0. The number of terminal acetylenes is 2. The van der Waals surface area contributed by atoms with Crippen LogP contribution in [-0.2, 0) is 9.59 Å². The molecule has 0 N–H and O–H groups in total. The zero-order valence-corrected chi connectivity index (χ0v) is 41.8. The molecule has 0 aromatic heterocycles. The summed E-state index contributed by atoms with van der Waals surface area (Å²) in [5, 5.41) is 0. The minimum atomic E-state index is -0.0553. The zero-order valence-electron chi connectivity index (χ0n) is 41.8. The van der Waals surface area contributed by atoms with Gasteiger partial charge in [-0.2, -0.15) is 0 Å². The molecule has 0 saturated heterocycles. The van der Waals surface area contributed by atoms with E-state index >= 15 is 9.59 Å². The molecule has 3 nitrogen and oxygen atoms in total. The van der Waals surface area contributed by atoms with Crippen molar-refractivity contribution >= 4 is 56.2 Å². The van der Waals surface area contributed by atoms with Crippen LogP contribution in [0.15, 0.2) is 267 Å². The van der Waals surface area contributed by atoms with Crippen molar-refractivity contribution in [1.82, 2.24) is 0 Å². The minimum Gasteiger partial charge on any atom is -0.457 e. The van der Waals surface area contributed by atoms with Crippen LogP contribution in [0.2, 0.25) is 0 Å². The molecule has 2 aliphatic carbocycles. The van der Waals surface area contributed by atoms with Crippen LogP contribution >= 0.6 is 0 Å². The molecule has 0 radical (unpaired) electrons. The number of ketones is 2. The van der Waals surface area contributed by atoms with Crippen LogP contribution in [0.3, 0.4) is 0 Å². The summed E-state index contributed by atoms with van der Waals surface area (Å²) in [5.74, 6) is 6.61. The molecular formula is C74H46O3. The highest BCUT2D eigenvalue weighted by Crippen LogP contribution is 2.52. The lowest BCUT2D eigenvalue weighted by molar-refractivity contribution is -0.109. The number of carbonyl (C=O) groups excluding carboxylic acids is 2. The Kier molecular flexibility index (Phi) is 12.8. The number of Topliss-reactive ketones (excluding diaryl/α,β-unsaturated/α-hetero) is 2. The summed E-state index contributed by atoms with van der Waals surface area (Å²) in [6.07, 6.45) is 11.7. The van der Waals surface area contributed by atoms with Crippen LogP contribution in [0.1, 0.15) is 55.6 Å². The van der Waals surface area contributed by atoms with Crippen LogP contribution in [0.5, 0.6) is 11.5 Å². The van der Waals surface area contributed by atoms with Gasteiger partial charge in [0.1, 0.15) is 11.5 Å². The van der Waals surface area contributed by atoms with Crippen molar-refractivity contribution in [2.75, 3.05) is 0 Å². The van der Waals surface area contributed by atoms with E-state index in [9.17, 15) is 0 Å². The lowest BCUT2D eigenvalue weighted by Gasteiger charge is -2.16. The highest BCUT2D eigenvalue weighted by atomic mass is 16.5. The van der Waals surface area contributed by atoms with Crippen molar-refractivity contribution in [2.24, 2.45) is 0 Å². The number of carbonyl (C=O) groups is 2. The van der Waals surface area contributed by atoms with E-state index < -0.39 is 0 Å². The van der Waals surface area contributed by atoms with Crippen LogP contribution in [0, 0.1) is 24.7 Å². The summed E-state index contributed by atoms with van der Waals surface area (Å²) in [6.45, 7) is 0. The first kappa shape index (κ1) is 47.4. The SMILES string of the molecule is C#Cc1ccc(C2=C(c3ccc(-c4ccccc4)cc3)C(=O)C(c3ccccc3)=C2c2ccc(Oc3ccc(C4=C(c5ccccc5)C(=O)C(c5ccc(-c6ccccc6)cc5)=C4c4ccc(C#C)cc4)cc3)cc2)cc1. The number of ether oxygens (including phenoxy) is 1. The number of allylic oxidation sites excluding steroid dienone is 8. The third-order valence-electron chi connectivity index (χ3n) is 14.3. The van der Waals surface area contributed by atoms with E-state index in [2.05, 4.69) is 60.4 Å². The van der Waals surface area contributed by atoms with Gasteiger partial charge in [-0.3, -0.25) is 9.59 Å². The average Bonchev–Trinajstić information content (AvgIpc) is 4.08. The van der Waals surface area contributed by atoms with Gasteiger partial charge in [-0.15, -0.1) is 12.8 Å². The summed E-state index contributed by atoms with van der Waals surface area (Å²) in [4.78, 5) is 30.4. The Morgan fingerprint density at radius 1 is 0.221 bits per heavy atom. The lowest BCUT2D eigenvalue weighted by atomic mass is 9.88. The van der Waals surface area contributed by atoms with Gasteiger partial charge >= 0.3 is 0 Å². The highest BCUT2D eigenvalue weighted by Gasteiger charge is 2.37. The summed E-state index contributed by atoms with van der Waals surface area (Å²) in [6, 6.07) is 88.2. The summed E-state index contributed by atoms with van der Waals surface area (Å²) < 4.78 is 6.60. The van der Waals surface area contributed by atoms with E-state index in [0.717, 1.165) is 100 Å². The predicted molar refractivity (Wildman–Crippen MR) is 316 cm³/mol. The Bertz CT molecular complexity index is 3820. The second-order valence-electron chi connectivity index (χ2n) is 18.9. The Balaban J connectivity index is 0.919. The zero-order chi connectivity index (χ0) is 52.2. The van der Waals surface area contributed by atoms with Crippen molar-refractivity contribution in [1.29, 1.82) is 0 Å². The largest absolute Gasteiger partial charge is 0.457 e. The molecule has 360 valence electrons. The van der Waals surface area contributed by atoms with Crippen LogP contribution in [0.4, 0.5) is 0 Å². The van der Waals surface area contributed by atoms with E-state index in [1.54, 1.807) is 0 Å². The topological polar surface area (TPSA) is 43.4 Å². The third kappa shape index (κ3) is 9.17. The van der Waals surface area contributed by atoms with Crippen molar-refractivity contribution < 1.29 is 14.3 Å². The van der Waals surface area contributed by atoms with E-state index in [0.29, 0.717) is 33.8 Å². The summed E-state index contributed by atoms with van der Waals surface area (Å²) >= 11 is 0. The molecule has 10 aromatic carbocycles. The molecule has 10 aromatic rings. The Labute approximate surface area is 449 Å². The molecule has 0 heterocycles. The molecule has 0 fully saturated rings. The number of rotatable bonds is 12. The second kappa shape index (κ2) is 20.7. The maximum absolute atomic E-state index is 15.2. The van der Waals surface area contributed by atoms with E-state index in [1.807, 2.05) is 218 Å². The van der Waals surface area contributed by atoms with Crippen LogP contribution in [-0.4, -0.2) is 11.6 Å². The maximum atomic E-state index is 15.2. The third-order valence-corrected chi connectivity index (χ3v) is 14.3. The molecule has 0 bridgehead atoms. The van der Waals surface area contributed by atoms with Crippen molar-refractivity contribution in [3.8, 4) is 58.4 Å². The van der Waals surface area contributed by atoms with Gasteiger partial charge in [-0.1, -0.05) is 230 Å². The molecule has 0 aliphatic heterocycles. The van der Waals surface area contributed by atoms with Crippen LogP contribution in [0.25, 0.3) is 66.8 Å². The van der Waals surface area contributed by atoms with Gasteiger partial charge in [0.2, 0.25) is 0 Å². The van der Waals surface area contributed by atoms with Crippen LogP contribution < -0.4 is 4.74 Å². The van der Waals surface area contributed by atoms with E-state index in [-0.39, 0.29) is 11.6 Å². The predicted octanol–water partition coefficient (Wildman–Crippen LogP) is 17.0. The Morgan fingerprint density at radius 2 is 0.416 bits per heavy atom. The molecule has 0 amide bonds. The van der Waals surface area contributed by atoms with Gasteiger partial charge in [0, 0.05) is 55.7 Å². The molecule has 12 rings (SSSR count). The summed E-state index contributed by atoms with van der Waals surface area (Å²) in [7, 11) is 0. The molecule has 0 unspecified atom stereocenters. The van der Waals surface area contributed by atoms with E-state index in [4.69, 9.17) is 17.6 Å². The number of hydrogen-bond acceptors (Lipinski definition) is 3. The summed E-state index contributed by atoms with van der Waals surface area (Å²) in [5.41, 5.74) is 18.4. The Hall–Kier alpha value is -10.6. The molecule has 2 aliphatic rings. The Morgan fingerprint density at radius 3 is 0.688 bits per heavy atom. The molecule has 0 saturated carbocycles. The minimum absolute atomic E-state index is 0.0553. The van der Waals surface area contributed by atoms with Gasteiger partial charge < -0.3 is 4.74 Å². The lowest BCUT2D eigenvalue weighted by Crippen LogP contribution is -2.02. The molecule has 0 spiro atoms. The maximum Gasteiger partial charge on any atom is 0.195 e. The van der Waals surface area contributed by atoms with Crippen molar-refractivity contribution in [3.05, 3.63) is 323 Å².